The van der Waals surface area contributed by atoms with Gasteiger partial charge in [0, 0.05) is 29.9 Å². The highest BCUT2D eigenvalue weighted by Crippen LogP contribution is 2.36. The highest BCUT2D eigenvalue weighted by Gasteiger charge is 2.24. The number of benzene rings is 1. The third kappa shape index (κ3) is 4.05. The standard InChI is InChI=1S/C18H18ClN3O4/c1-25-15-9-13(16(26-2)8-12(15)19)22-17(23)10-5-6-20-14(7-10)18(24)21-11-3-4-11/h5-9,11H,3-4H2,1-2H3,(H,21,24)(H,22,23). The highest BCUT2D eigenvalue weighted by molar-refractivity contribution is 6.32. The van der Waals surface area contributed by atoms with E-state index in [0.717, 1.165) is 12.8 Å². The Kier molecular flexibility index (Phi) is 5.27. The van der Waals surface area contributed by atoms with Gasteiger partial charge in [-0.05, 0) is 25.0 Å². The first kappa shape index (κ1) is 18.0. The number of hydrogen-bond acceptors (Lipinski definition) is 5. The molecule has 1 aliphatic rings. The van der Waals surface area contributed by atoms with E-state index in [0.29, 0.717) is 27.8 Å². The number of halogens is 1. The van der Waals surface area contributed by atoms with E-state index in [1.165, 1.54) is 32.5 Å². The summed E-state index contributed by atoms with van der Waals surface area (Å²) in [4.78, 5) is 28.7. The number of pyridine rings is 1. The molecule has 8 heteroatoms. The molecular weight excluding hydrogens is 358 g/mol. The fourth-order valence-electron chi connectivity index (χ4n) is 2.34. The van der Waals surface area contributed by atoms with Crippen molar-refractivity contribution < 1.29 is 19.1 Å². The van der Waals surface area contributed by atoms with Crippen LogP contribution in [0.5, 0.6) is 11.5 Å². The predicted octanol–water partition coefficient (Wildman–Crippen LogP) is 2.90. The van der Waals surface area contributed by atoms with Crippen molar-refractivity contribution in [2.24, 2.45) is 0 Å². The zero-order valence-electron chi connectivity index (χ0n) is 14.3. The van der Waals surface area contributed by atoms with E-state index in [1.54, 1.807) is 12.1 Å². The number of amides is 2. The van der Waals surface area contributed by atoms with E-state index in [9.17, 15) is 9.59 Å². The first-order chi connectivity index (χ1) is 12.5. The molecule has 2 aromatic rings. The van der Waals surface area contributed by atoms with Crippen molar-refractivity contribution in [1.82, 2.24) is 10.3 Å². The SMILES string of the molecule is COc1cc(NC(=O)c2ccnc(C(=O)NC3CC3)c2)c(OC)cc1Cl. The van der Waals surface area contributed by atoms with Crippen LogP contribution in [-0.2, 0) is 0 Å². The minimum Gasteiger partial charge on any atom is -0.495 e. The second kappa shape index (κ2) is 7.61. The average Bonchev–Trinajstić information content (AvgIpc) is 3.46. The van der Waals surface area contributed by atoms with E-state index in [4.69, 9.17) is 21.1 Å². The Morgan fingerprint density at radius 1 is 1.12 bits per heavy atom. The van der Waals surface area contributed by atoms with Crippen molar-refractivity contribution in [3.63, 3.8) is 0 Å². The summed E-state index contributed by atoms with van der Waals surface area (Å²) in [5, 5.41) is 5.94. The molecule has 2 N–H and O–H groups in total. The van der Waals surface area contributed by atoms with Gasteiger partial charge in [0.25, 0.3) is 11.8 Å². The monoisotopic (exact) mass is 375 g/mol. The van der Waals surface area contributed by atoms with Crippen LogP contribution in [0.15, 0.2) is 30.5 Å². The molecule has 1 saturated carbocycles. The van der Waals surface area contributed by atoms with Gasteiger partial charge in [0.2, 0.25) is 0 Å². The second-order valence-corrected chi connectivity index (χ2v) is 6.23. The van der Waals surface area contributed by atoms with Crippen molar-refractivity contribution in [2.75, 3.05) is 19.5 Å². The summed E-state index contributed by atoms with van der Waals surface area (Å²) < 4.78 is 10.4. The van der Waals surface area contributed by atoms with Gasteiger partial charge >= 0.3 is 0 Å². The molecule has 136 valence electrons. The molecule has 1 aromatic heterocycles. The molecular formula is C18H18ClN3O4. The van der Waals surface area contributed by atoms with Crippen molar-refractivity contribution >= 4 is 29.1 Å². The van der Waals surface area contributed by atoms with Gasteiger partial charge < -0.3 is 20.1 Å². The van der Waals surface area contributed by atoms with Gasteiger partial charge in [-0.3, -0.25) is 14.6 Å². The number of carbonyl (C=O) groups excluding carboxylic acids is 2. The Hall–Kier alpha value is -2.80. The van der Waals surface area contributed by atoms with Crippen LogP contribution in [0.25, 0.3) is 0 Å². The lowest BCUT2D eigenvalue weighted by Crippen LogP contribution is -2.26. The van der Waals surface area contributed by atoms with Gasteiger partial charge in [-0.15, -0.1) is 0 Å². The van der Waals surface area contributed by atoms with Crippen molar-refractivity contribution in [3.8, 4) is 11.5 Å². The maximum absolute atomic E-state index is 12.6. The Bertz CT molecular complexity index is 852. The van der Waals surface area contributed by atoms with Gasteiger partial charge in [0.05, 0.1) is 24.9 Å². The number of hydrogen-bond donors (Lipinski definition) is 2. The number of nitrogens with zero attached hydrogens (tertiary/aromatic N) is 1. The maximum Gasteiger partial charge on any atom is 0.270 e. The molecule has 0 radical (unpaired) electrons. The van der Waals surface area contributed by atoms with Crippen LogP contribution in [0.2, 0.25) is 5.02 Å². The summed E-state index contributed by atoms with van der Waals surface area (Å²) in [6.45, 7) is 0. The van der Waals surface area contributed by atoms with Crippen LogP contribution < -0.4 is 20.1 Å². The molecule has 0 atom stereocenters. The van der Waals surface area contributed by atoms with E-state index in [1.807, 2.05) is 0 Å². The van der Waals surface area contributed by atoms with Crippen LogP contribution in [0.4, 0.5) is 5.69 Å². The van der Waals surface area contributed by atoms with Crippen LogP contribution in [-0.4, -0.2) is 37.1 Å². The van der Waals surface area contributed by atoms with Gasteiger partial charge in [0.15, 0.2) is 0 Å². The van der Waals surface area contributed by atoms with Crippen LogP contribution >= 0.6 is 11.6 Å². The van der Waals surface area contributed by atoms with Crippen LogP contribution in [0.3, 0.4) is 0 Å². The molecule has 0 saturated heterocycles. The van der Waals surface area contributed by atoms with Gasteiger partial charge in [0.1, 0.15) is 17.2 Å². The number of ether oxygens (including phenoxy) is 2. The summed E-state index contributed by atoms with van der Waals surface area (Å²) in [6, 6.07) is 6.32. The lowest BCUT2D eigenvalue weighted by atomic mass is 10.2. The maximum atomic E-state index is 12.6. The highest BCUT2D eigenvalue weighted by atomic mass is 35.5. The molecule has 3 rings (SSSR count). The molecule has 0 unspecified atom stereocenters. The van der Waals surface area contributed by atoms with E-state index >= 15 is 0 Å². The first-order valence-electron chi connectivity index (χ1n) is 8.01. The number of carbonyl (C=O) groups is 2. The molecule has 1 heterocycles. The number of nitrogens with one attached hydrogen (secondary N) is 2. The summed E-state index contributed by atoms with van der Waals surface area (Å²) in [6.07, 6.45) is 3.38. The molecule has 0 aliphatic heterocycles. The normalized spacial score (nSPS) is 13.0. The Morgan fingerprint density at radius 3 is 2.50 bits per heavy atom. The molecule has 1 fully saturated rings. The molecule has 0 bridgehead atoms. The number of aromatic nitrogens is 1. The van der Waals surface area contributed by atoms with Gasteiger partial charge in [-0.25, -0.2) is 0 Å². The molecule has 0 spiro atoms. The second-order valence-electron chi connectivity index (χ2n) is 5.82. The first-order valence-corrected chi connectivity index (χ1v) is 8.39. The van der Waals surface area contributed by atoms with Crippen LogP contribution in [0, 0.1) is 0 Å². The molecule has 1 aliphatic carbocycles. The van der Waals surface area contributed by atoms with E-state index < -0.39 is 5.91 Å². The van der Waals surface area contributed by atoms with Gasteiger partial charge in [-0.2, -0.15) is 0 Å². The average molecular weight is 376 g/mol. The Labute approximate surface area is 155 Å². The summed E-state index contributed by atoms with van der Waals surface area (Å²) >= 11 is 6.07. The zero-order chi connectivity index (χ0) is 18.7. The zero-order valence-corrected chi connectivity index (χ0v) is 15.1. The number of rotatable bonds is 6. The number of methoxy groups -OCH3 is 2. The van der Waals surface area contributed by atoms with Crippen molar-refractivity contribution in [3.05, 3.63) is 46.7 Å². The summed E-state index contributed by atoms with van der Waals surface area (Å²) in [5.41, 5.74) is 0.904. The minimum atomic E-state index is -0.407. The fourth-order valence-corrected chi connectivity index (χ4v) is 2.57. The molecule has 26 heavy (non-hydrogen) atoms. The fraction of sp³-hybridized carbons (Fsp3) is 0.278. The quantitative estimate of drug-likeness (QED) is 0.810. The van der Waals surface area contributed by atoms with Gasteiger partial charge in [-0.1, -0.05) is 11.6 Å². The lowest BCUT2D eigenvalue weighted by molar-refractivity contribution is 0.0946. The summed E-state index contributed by atoms with van der Waals surface area (Å²) in [7, 11) is 2.95. The Balaban J connectivity index is 1.80. The summed E-state index contributed by atoms with van der Waals surface area (Å²) in [5.74, 6) is 0.107. The third-order valence-corrected chi connectivity index (χ3v) is 4.18. The number of anilines is 1. The van der Waals surface area contributed by atoms with E-state index in [-0.39, 0.29) is 17.6 Å². The van der Waals surface area contributed by atoms with Crippen LogP contribution in [0.1, 0.15) is 33.7 Å². The lowest BCUT2D eigenvalue weighted by Gasteiger charge is -2.13. The molecule has 7 nitrogen and oxygen atoms in total. The molecule has 2 amide bonds. The minimum absolute atomic E-state index is 0.199. The van der Waals surface area contributed by atoms with E-state index in [2.05, 4.69) is 15.6 Å². The predicted molar refractivity (Wildman–Crippen MR) is 97.2 cm³/mol. The van der Waals surface area contributed by atoms with Crippen molar-refractivity contribution in [1.29, 1.82) is 0 Å². The van der Waals surface area contributed by atoms with Crippen molar-refractivity contribution in [2.45, 2.75) is 18.9 Å². The largest absolute Gasteiger partial charge is 0.495 e. The Morgan fingerprint density at radius 2 is 1.85 bits per heavy atom. The topological polar surface area (TPSA) is 89.5 Å². The smallest absolute Gasteiger partial charge is 0.270 e. The molecule has 1 aromatic carbocycles. The third-order valence-electron chi connectivity index (χ3n) is 3.89.